The highest BCUT2D eigenvalue weighted by Gasteiger charge is 2.41. The van der Waals surface area contributed by atoms with Gasteiger partial charge in [-0.2, -0.15) is 0 Å². The Hall–Kier alpha value is -3.73. The molecule has 0 fully saturated rings. The molecule has 1 aliphatic rings. The van der Waals surface area contributed by atoms with Gasteiger partial charge in [-0.1, -0.05) is 53.7 Å². The highest BCUT2D eigenvalue weighted by atomic mass is 32.2. The fraction of sp³-hybridized carbons (Fsp3) is 0.231. The summed E-state index contributed by atoms with van der Waals surface area (Å²) in [5, 5.41) is 17.3. The van der Waals surface area contributed by atoms with Crippen LogP contribution in [0.2, 0.25) is 0 Å². The van der Waals surface area contributed by atoms with Crippen LogP contribution in [0.15, 0.2) is 82.8 Å². The van der Waals surface area contributed by atoms with Gasteiger partial charge in [-0.15, -0.1) is 0 Å². The van der Waals surface area contributed by atoms with E-state index in [1.165, 1.54) is 6.07 Å². The number of nitrogens with two attached hydrogens (primary N) is 2. The van der Waals surface area contributed by atoms with Gasteiger partial charge in [-0.25, -0.2) is 13.6 Å². The molecule has 0 aromatic heterocycles. The number of nitrogens with one attached hydrogen (secondary N) is 1. The molecule has 0 amide bonds. The molecule has 9 nitrogen and oxygen atoms in total. The molecule has 36 heavy (non-hydrogen) atoms. The van der Waals surface area contributed by atoms with E-state index in [4.69, 9.17) is 30.6 Å². The molecular formula is C26H28N4O5S. The maximum Gasteiger partial charge on any atom is 0.238 e. The van der Waals surface area contributed by atoms with Gasteiger partial charge < -0.3 is 20.0 Å². The molecule has 3 aromatic rings. The first-order valence-corrected chi connectivity index (χ1v) is 12.9. The molecule has 1 heterocycles. The normalized spacial score (nSPS) is 17.3. The first-order chi connectivity index (χ1) is 17.2. The Balaban J connectivity index is 1.49. The van der Waals surface area contributed by atoms with Crippen molar-refractivity contribution in [1.82, 2.24) is 0 Å². The van der Waals surface area contributed by atoms with Gasteiger partial charge in [0.1, 0.15) is 18.2 Å². The highest BCUT2D eigenvalue weighted by molar-refractivity contribution is 7.89. The van der Waals surface area contributed by atoms with Crippen molar-refractivity contribution in [3.8, 4) is 16.9 Å². The van der Waals surface area contributed by atoms with Gasteiger partial charge in [0.25, 0.3) is 0 Å². The van der Waals surface area contributed by atoms with Crippen molar-refractivity contribution in [3.63, 3.8) is 0 Å². The van der Waals surface area contributed by atoms with Crippen LogP contribution in [0.4, 0.5) is 0 Å². The predicted octanol–water partition coefficient (Wildman–Crippen LogP) is 3.26. The fourth-order valence-electron chi connectivity index (χ4n) is 3.93. The van der Waals surface area contributed by atoms with E-state index in [2.05, 4.69) is 5.16 Å². The van der Waals surface area contributed by atoms with Crippen molar-refractivity contribution in [2.45, 2.75) is 23.8 Å². The van der Waals surface area contributed by atoms with Crippen molar-refractivity contribution in [2.75, 3.05) is 19.8 Å². The second kappa shape index (κ2) is 10.5. The number of hydrogen-bond donors (Lipinski definition) is 3. The fourth-order valence-corrected chi connectivity index (χ4v) is 4.69. The molecular weight excluding hydrogens is 480 g/mol. The zero-order chi connectivity index (χ0) is 25.8. The zero-order valence-electron chi connectivity index (χ0n) is 19.8. The molecule has 0 radical (unpaired) electrons. The van der Waals surface area contributed by atoms with E-state index in [0.29, 0.717) is 35.5 Å². The Morgan fingerprint density at radius 1 is 1.06 bits per heavy atom. The summed E-state index contributed by atoms with van der Waals surface area (Å²) >= 11 is 0. The van der Waals surface area contributed by atoms with E-state index in [1.807, 2.05) is 19.1 Å². The first-order valence-electron chi connectivity index (χ1n) is 11.3. The minimum Gasteiger partial charge on any atom is -0.489 e. The molecule has 0 spiro atoms. The number of amidine groups is 1. The molecule has 0 bridgehead atoms. The lowest BCUT2D eigenvalue weighted by atomic mass is 9.94. The largest absolute Gasteiger partial charge is 0.489 e. The van der Waals surface area contributed by atoms with Crippen LogP contribution in [-0.2, 0) is 19.6 Å². The molecule has 3 aromatic carbocycles. The first kappa shape index (κ1) is 25.4. The van der Waals surface area contributed by atoms with Crippen LogP contribution in [-0.4, -0.2) is 45.4 Å². The van der Waals surface area contributed by atoms with Crippen LogP contribution >= 0.6 is 0 Å². The van der Waals surface area contributed by atoms with Crippen molar-refractivity contribution in [2.24, 2.45) is 16.0 Å². The SMILES string of the molecule is CCOCC1(COc2ccc(-c3ccccc3S(N)(=O)=O)cc2)CC(c2cccc(C(=N)N)c2)=NO1. The second-order valence-corrected chi connectivity index (χ2v) is 10.0. The zero-order valence-corrected chi connectivity index (χ0v) is 20.6. The lowest BCUT2D eigenvalue weighted by Gasteiger charge is -2.26. The summed E-state index contributed by atoms with van der Waals surface area (Å²) in [5.74, 6) is 0.564. The molecule has 0 saturated carbocycles. The summed E-state index contributed by atoms with van der Waals surface area (Å²) in [7, 11) is -3.86. The number of hydrogen-bond acceptors (Lipinski definition) is 7. The topological polar surface area (TPSA) is 150 Å². The number of ether oxygens (including phenoxy) is 2. The van der Waals surface area contributed by atoms with E-state index in [9.17, 15) is 8.42 Å². The Kier molecular flexibility index (Phi) is 7.39. The summed E-state index contributed by atoms with van der Waals surface area (Å²) < 4.78 is 35.6. The van der Waals surface area contributed by atoms with Gasteiger partial charge in [0.15, 0.2) is 5.60 Å². The molecule has 0 aliphatic carbocycles. The lowest BCUT2D eigenvalue weighted by molar-refractivity contribution is -0.0983. The van der Waals surface area contributed by atoms with Gasteiger partial charge in [0, 0.05) is 29.7 Å². The third kappa shape index (κ3) is 5.73. The highest BCUT2D eigenvalue weighted by Crippen LogP contribution is 2.31. The van der Waals surface area contributed by atoms with Gasteiger partial charge in [-0.3, -0.25) is 5.41 Å². The van der Waals surface area contributed by atoms with Gasteiger partial charge in [0.2, 0.25) is 10.0 Å². The molecule has 5 N–H and O–H groups in total. The Morgan fingerprint density at radius 3 is 2.50 bits per heavy atom. The lowest BCUT2D eigenvalue weighted by Crippen LogP contribution is -2.41. The molecule has 1 aliphatic heterocycles. The van der Waals surface area contributed by atoms with Crippen molar-refractivity contribution >= 4 is 21.6 Å². The van der Waals surface area contributed by atoms with Crippen molar-refractivity contribution < 1.29 is 22.7 Å². The predicted molar refractivity (Wildman–Crippen MR) is 138 cm³/mol. The van der Waals surface area contributed by atoms with Crippen LogP contribution in [0.25, 0.3) is 11.1 Å². The Labute approximate surface area is 210 Å². The monoisotopic (exact) mass is 508 g/mol. The van der Waals surface area contributed by atoms with Crippen LogP contribution in [0.5, 0.6) is 5.75 Å². The smallest absolute Gasteiger partial charge is 0.238 e. The number of rotatable bonds is 10. The average Bonchev–Trinajstić information content (AvgIpc) is 3.31. The van der Waals surface area contributed by atoms with E-state index >= 15 is 0 Å². The number of benzene rings is 3. The molecule has 1 unspecified atom stereocenters. The average molecular weight is 509 g/mol. The maximum atomic E-state index is 11.9. The van der Waals surface area contributed by atoms with Crippen LogP contribution in [0.3, 0.4) is 0 Å². The van der Waals surface area contributed by atoms with Crippen LogP contribution in [0, 0.1) is 5.41 Å². The Morgan fingerprint density at radius 2 is 1.81 bits per heavy atom. The minimum atomic E-state index is -3.86. The Bertz CT molecular complexity index is 1390. The number of nitrogens with zero attached hydrogens (tertiary/aromatic N) is 1. The molecule has 188 valence electrons. The standard InChI is InChI=1S/C26H28N4O5S/c1-2-33-16-26(15-23(30-35-26)19-6-5-7-20(14-19)25(27)28)17-34-21-12-10-18(11-13-21)22-8-3-4-9-24(22)36(29,31)32/h3-14H,2,15-17H2,1H3,(H3,27,28)(H2,29,31,32). The summed E-state index contributed by atoms with van der Waals surface area (Å²) in [6.07, 6.45) is 0.453. The maximum absolute atomic E-state index is 11.9. The van der Waals surface area contributed by atoms with Gasteiger partial charge >= 0.3 is 0 Å². The summed E-state index contributed by atoms with van der Waals surface area (Å²) in [6, 6.07) is 20.9. The van der Waals surface area contributed by atoms with E-state index in [1.54, 1.807) is 54.6 Å². The van der Waals surface area contributed by atoms with E-state index < -0.39 is 15.6 Å². The van der Waals surface area contributed by atoms with Gasteiger partial charge in [-0.05, 0) is 36.8 Å². The van der Waals surface area contributed by atoms with E-state index in [0.717, 1.165) is 11.3 Å². The number of nitrogen functional groups attached to an aromatic ring is 1. The van der Waals surface area contributed by atoms with Crippen molar-refractivity contribution in [1.29, 1.82) is 5.41 Å². The number of oxime groups is 1. The third-order valence-corrected chi connectivity index (χ3v) is 6.74. The summed E-state index contributed by atoms with van der Waals surface area (Å²) in [6.45, 7) is 2.88. The third-order valence-electron chi connectivity index (χ3n) is 5.78. The van der Waals surface area contributed by atoms with Crippen molar-refractivity contribution in [3.05, 3.63) is 83.9 Å². The molecule has 1 atom stereocenters. The molecule has 4 rings (SSSR count). The van der Waals surface area contributed by atoms with Crippen LogP contribution in [0.1, 0.15) is 24.5 Å². The van der Waals surface area contributed by atoms with Crippen LogP contribution < -0.4 is 15.6 Å². The van der Waals surface area contributed by atoms with E-state index in [-0.39, 0.29) is 23.9 Å². The second-order valence-electron chi connectivity index (χ2n) is 8.47. The number of primary sulfonamides is 1. The number of sulfonamides is 1. The van der Waals surface area contributed by atoms with Gasteiger partial charge in [0.05, 0.1) is 17.2 Å². The minimum absolute atomic E-state index is 0.0181. The molecule has 0 saturated heterocycles. The molecule has 10 heteroatoms. The summed E-state index contributed by atoms with van der Waals surface area (Å²) in [4.78, 5) is 5.91. The quantitative estimate of drug-likeness (QED) is 0.283. The summed E-state index contributed by atoms with van der Waals surface area (Å²) in [5.41, 5.74) is 8.17.